The molecule has 2 rings (SSSR count). The van der Waals surface area contributed by atoms with Gasteiger partial charge in [0.1, 0.15) is 18.1 Å². The lowest BCUT2D eigenvalue weighted by Gasteiger charge is -2.10. The standard InChI is InChI=1S/C15H15BrO3/c1-18-13-5-6-15(16)12(8-13)10-19-14-4-2-3-11(7-14)9-17/h2-8,17H,9-10H2,1H3. The van der Waals surface area contributed by atoms with E-state index in [4.69, 9.17) is 14.6 Å². The Morgan fingerprint density at radius 2 is 1.95 bits per heavy atom. The second kappa shape index (κ2) is 6.59. The fraction of sp³-hybridized carbons (Fsp3) is 0.200. The van der Waals surface area contributed by atoms with E-state index in [0.29, 0.717) is 6.61 Å². The third-order valence-electron chi connectivity index (χ3n) is 2.73. The van der Waals surface area contributed by atoms with Gasteiger partial charge >= 0.3 is 0 Å². The van der Waals surface area contributed by atoms with E-state index in [9.17, 15) is 0 Å². The summed E-state index contributed by atoms with van der Waals surface area (Å²) in [6.45, 7) is 0.451. The summed E-state index contributed by atoms with van der Waals surface area (Å²) in [6.07, 6.45) is 0. The summed E-state index contributed by atoms with van der Waals surface area (Å²) in [7, 11) is 1.64. The zero-order chi connectivity index (χ0) is 13.7. The van der Waals surface area contributed by atoms with Crippen LogP contribution in [0.25, 0.3) is 0 Å². The van der Waals surface area contributed by atoms with Crippen molar-refractivity contribution in [2.24, 2.45) is 0 Å². The first kappa shape index (κ1) is 13.9. The van der Waals surface area contributed by atoms with Crippen LogP contribution in [-0.2, 0) is 13.2 Å². The molecule has 100 valence electrons. The van der Waals surface area contributed by atoms with Crippen LogP contribution in [0, 0.1) is 0 Å². The normalized spacial score (nSPS) is 10.3. The van der Waals surface area contributed by atoms with E-state index < -0.39 is 0 Å². The lowest BCUT2D eigenvalue weighted by molar-refractivity contribution is 0.278. The maximum atomic E-state index is 9.08. The summed E-state index contributed by atoms with van der Waals surface area (Å²) in [4.78, 5) is 0. The van der Waals surface area contributed by atoms with Crippen molar-refractivity contribution in [1.82, 2.24) is 0 Å². The summed E-state index contributed by atoms with van der Waals surface area (Å²) < 4.78 is 11.9. The maximum absolute atomic E-state index is 9.08. The second-order valence-corrected chi connectivity index (χ2v) is 4.91. The first-order valence-electron chi connectivity index (χ1n) is 5.88. The van der Waals surface area contributed by atoms with Gasteiger partial charge in [-0.05, 0) is 35.9 Å². The zero-order valence-electron chi connectivity index (χ0n) is 10.6. The van der Waals surface area contributed by atoms with Crippen LogP contribution in [-0.4, -0.2) is 12.2 Å². The van der Waals surface area contributed by atoms with Crippen molar-refractivity contribution in [1.29, 1.82) is 0 Å². The maximum Gasteiger partial charge on any atom is 0.120 e. The van der Waals surface area contributed by atoms with Crippen LogP contribution in [0.15, 0.2) is 46.9 Å². The summed E-state index contributed by atoms with van der Waals surface area (Å²) in [5, 5.41) is 9.08. The Bertz CT molecular complexity index is 555. The molecular weight excluding hydrogens is 308 g/mol. The van der Waals surface area contributed by atoms with Crippen LogP contribution >= 0.6 is 15.9 Å². The van der Waals surface area contributed by atoms with Gasteiger partial charge in [0.05, 0.1) is 13.7 Å². The molecule has 0 fully saturated rings. The van der Waals surface area contributed by atoms with Gasteiger partial charge < -0.3 is 14.6 Å². The highest BCUT2D eigenvalue weighted by atomic mass is 79.9. The van der Waals surface area contributed by atoms with Crippen LogP contribution in [0.4, 0.5) is 0 Å². The first-order valence-corrected chi connectivity index (χ1v) is 6.67. The molecule has 0 heterocycles. The molecule has 2 aromatic carbocycles. The van der Waals surface area contributed by atoms with Crippen molar-refractivity contribution >= 4 is 15.9 Å². The van der Waals surface area contributed by atoms with Gasteiger partial charge in [-0.15, -0.1) is 0 Å². The average molecular weight is 323 g/mol. The van der Waals surface area contributed by atoms with Crippen LogP contribution < -0.4 is 9.47 Å². The molecular formula is C15H15BrO3. The highest BCUT2D eigenvalue weighted by Crippen LogP contribution is 2.24. The Morgan fingerprint density at radius 3 is 2.68 bits per heavy atom. The fourth-order valence-corrected chi connectivity index (χ4v) is 2.04. The molecule has 2 aromatic rings. The van der Waals surface area contributed by atoms with Gasteiger partial charge in [0.15, 0.2) is 0 Å². The predicted octanol–water partition coefficient (Wildman–Crippen LogP) is 3.53. The van der Waals surface area contributed by atoms with Gasteiger partial charge in [0, 0.05) is 10.0 Å². The van der Waals surface area contributed by atoms with E-state index >= 15 is 0 Å². The molecule has 3 nitrogen and oxygen atoms in total. The highest BCUT2D eigenvalue weighted by molar-refractivity contribution is 9.10. The third-order valence-corrected chi connectivity index (χ3v) is 3.50. The van der Waals surface area contributed by atoms with Crippen LogP contribution in [0.3, 0.4) is 0 Å². The Kier molecular flexibility index (Phi) is 4.82. The molecule has 0 unspecified atom stereocenters. The lowest BCUT2D eigenvalue weighted by atomic mass is 10.2. The van der Waals surface area contributed by atoms with Crippen molar-refractivity contribution in [2.45, 2.75) is 13.2 Å². The number of ether oxygens (including phenoxy) is 2. The fourth-order valence-electron chi connectivity index (χ4n) is 1.68. The number of aliphatic hydroxyl groups excluding tert-OH is 1. The van der Waals surface area contributed by atoms with E-state index in [0.717, 1.165) is 27.1 Å². The summed E-state index contributed by atoms with van der Waals surface area (Å²) in [5.41, 5.74) is 1.84. The van der Waals surface area contributed by atoms with Gasteiger partial charge in [-0.3, -0.25) is 0 Å². The van der Waals surface area contributed by atoms with E-state index in [1.54, 1.807) is 7.11 Å². The molecule has 0 aromatic heterocycles. The Labute approximate surface area is 120 Å². The average Bonchev–Trinajstić information content (AvgIpc) is 2.46. The predicted molar refractivity (Wildman–Crippen MR) is 77.4 cm³/mol. The lowest BCUT2D eigenvalue weighted by Crippen LogP contribution is -1.98. The van der Waals surface area contributed by atoms with Crippen molar-refractivity contribution in [2.75, 3.05) is 7.11 Å². The molecule has 0 saturated heterocycles. The van der Waals surface area contributed by atoms with Crippen molar-refractivity contribution in [3.63, 3.8) is 0 Å². The van der Waals surface area contributed by atoms with Crippen molar-refractivity contribution < 1.29 is 14.6 Å². The molecule has 0 spiro atoms. The molecule has 0 aliphatic heterocycles. The first-order chi connectivity index (χ1) is 9.22. The Balaban J connectivity index is 2.09. The van der Waals surface area contributed by atoms with E-state index in [-0.39, 0.29) is 6.61 Å². The molecule has 4 heteroatoms. The minimum absolute atomic E-state index is 0.0139. The van der Waals surface area contributed by atoms with Gasteiger partial charge in [-0.1, -0.05) is 28.1 Å². The molecule has 0 atom stereocenters. The topological polar surface area (TPSA) is 38.7 Å². The largest absolute Gasteiger partial charge is 0.497 e. The molecule has 19 heavy (non-hydrogen) atoms. The summed E-state index contributed by atoms with van der Waals surface area (Å²) in [5.74, 6) is 1.53. The molecule has 0 aliphatic rings. The second-order valence-electron chi connectivity index (χ2n) is 4.05. The van der Waals surface area contributed by atoms with Crippen LogP contribution in [0.5, 0.6) is 11.5 Å². The number of halogens is 1. The number of hydrogen-bond donors (Lipinski definition) is 1. The van der Waals surface area contributed by atoms with Crippen molar-refractivity contribution in [3.8, 4) is 11.5 Å². The van der Waals surface area contributed by atoms with E-state index in [1.165, 1.54) is 0 Å². The number of methoxy groups -OCH3 is 1. The number of hydrogen-bond acceptors (Lipinski definition) is 3. The van der Waals surface area contributed by atoms with Crippen LogP contribution in [0.2, 0.25) is 0 Å². The van der Waals surface area contributed by atoms with Crippen molar-refractivity contribution in [3.05, 3.63) is 58.1 Å². The molecule has 0 amide bonds. The quantitative estimate of drug-likeness (QED) is 0.915. The minimum atomic E-state index is 0.0139. The monoisotopic (exact) mass is 322 g/mol. The third kappa shape index (κ3) is 3.72. The number of rotatable bonds is 5. The van der Waals surface area contributed by atoms with Gasteiger partial charge in [-0.25, -0.2) is 0 Å². The summed E-state index contributed by atoms with van der Waals surface area (Å²) in [6, 6.07) is 13.2. The minimum Gasteiger partial charge on any atom is -0.497 e. The zero-order valence-corrected chi connectivity index (χ0v) is 12.2. The smallest absolute Gasteiger partial charge is 0.120 e. The molecule has 0 bridgehead atoms. The molecule has 0 aliphatic carbocycles. The molecule has 1 N–H and O–H groups in total. The molecule has 0 radical (unpaired) electrons. The van der Waals surface area contributed by atoms with Gasteiger partial charge in [0.2, 0.25) is 0 Å². The van der Waals surface area contributed by atoms with Crippen LogP contribution in [0.1, 0.15) is 11.1 Å². The summed E-state index contributed by atoms with van der Waals surface area (Å²) >= 11 is 3.49. The Hall–Kier alpha value is -1.52. The number of benzene rings is 2. The molecule has 0 saturated carbocycles. The Morgan fingerprint density at radius 1 is 1.11 bits per heavy atom. The SMILES string of the molecule is COc1ccc(Br)c(COc2cccc(CO)c2)c1. The number of aliphatic hydroxyl groups is 1. The van der Waals surface area contributed by atoms with Gasteiger partial charge in [-0.2, -0.15) is 0 Å². The highest BCUT2D eigenvalue weighted by Gasteiger charge is 2.04. The van der Waals surface area contributed by atoms with E-state index in [1.807, 2.05) is 42.5 Å². The van der Waals surface area contributed by atoms with E-state index in [2.05, 4.69) is 15.9 Å². The van der Waals surface area contributed by atoms with Gasteiger partial charge in [0.25, 0.3) is 0 Å².